The molecule has 1 aromatic heterocycles. The van der Waals surface area contributed by atoms with Crippen molar-refractivity contribution in [3.8, 4) is 5.75 Å². The molecule has 18 heavy (non-hydrogen) atoms. The van der Waals surface area contributed by atoms with Gasteiger partial charge >= 0.3 is 0 Å². The average molecular weight is 250 g/mol. The third kappa shape index (κ3) is 2.35. The second-order valence-corrected chi connectivity index (χ2v) is 4.77. The van der Waals surface area contributed by atoms with Crippen LogP contribution in [0.1, 0.15) is 37.8 Å². The fourth-order valence-corrected chi connectivity index (χ4v) is 2.65. The van der Waals surface area contributed by atoms with Gasteiger partial charge in [0, 0.05) is 13.3 Å². The highest BCUT2D eigenvalue weighted by Crippen LogP contribution is 2.45. The monoisotopic (exact) mass is 250 g/mol. The highest BCUT2D eigenvalue weighted by atomic mass is 16.5. The van der Waals surface area contributed by atoms with Crippen molar-refractivity contribution in [1.29, 1.82) is 0 Å². The van der Waals surface area contributed by atoms with Crippen LogP contribution in [0.15, 0.2) is 18.5 Å². The van der Waals surface area contributed by atoms with E-state index in [-0.39, 0.29) is 11.6 Å². The van der Waals surface area contributed by atoms with Gasteiger partial charge in [-0.25, -0.2) is 0 Å². The quantitative estimate of drug-likeness (QED) is 0.841. The van der Waals surface area contributed by atoms with Gasteiger partial charge in [-0.3, -0.25) is 4.98 Å². The number of ether oxygens (including phenoxy) is 2. The van der Waals surface area contributed by atoms with Crippen LogP contribution in [0.2, 0.25) is 0 Å². The Labute approximate surface area is 109 Å². The molecule has 100 valence electrons. The smallest absolute Gasteiger partial charge is 0.137 e. The molecule has 0 aliphatic heterocycles. The van der Waals surface area contributed by atoms with E-state index >= 15 is 0 Å². The molecule has 1 aliphatic rings. The van der Waals surface area contributed by atoms with E-state index in [2.05, 4.69) is 17.2 Å². The van der Waals surface area contributed by atoms with Crippen molar-refractivity contribution < 1.29 is 9.47 Å². The van der Waals surface area contributed by atoms with Gasteiger partial charge in [-0.1, -0.05) is 6.92 Å². The Morgan fingerprint density at radius 3 is 2.67 bits per heavy atom. The van der Waals surface area contributed by atoms with Crippen molar-refractivity contribution in [3.63, 3.8) is 0 Å². The van der Waals surface area contributed by atoms with Gasteiger partial charge < -0.3 is 14.8 Å². The van der Waals surface area contributed by atoms with Gasteiger partial charge in [-0.15, -0.1) is 0 Å². The first kappa shape index (κ1) is 13.3. The lowest BCUT2D eigenvalue weighted by Crippen LogP contribution is -2.50. The fraction of sp³-hybridized carbons (Fsp3) is 0.643. The van der Waals surface area contributed by atoms with E-state index in [4.69, 9.17) is 9.47 Å². The Balaban J connectivity index is 2.28. The number of hydrogen-bond donors (Lipinski definition) is 1. The van der Waals surface area contributed by atoms with Crippen LogP contribution in [-0.2, 0) is 4.74 Å². The maximum absolute atomic E-state index is 5.79. The largest absolute Gasteiger partial charge is 0.495 e. The number of rotatable bonds is 6. The Bertz CT molecular complexity index is 386. The number of methoxy groups -OCH3 is 2. The summed E-state index contributed by atoms with van der Waals surface area (Å²) < 4.78 is 11.0. The number of likely N-dealkylation sites (N-methyl/N-ethyl adjacent to an activating group) is 1. The zero-order valence-corrected chi connectivity index (χ0v) is 11.4. The van der Waals surface area contributed by atoms with Crippen molar-refractivity contribution >= 4 is 0 Å². The molecule has 0 saturated heterocycles. The van der Waals surface area contributed by atoms with E-state index in [1.165, 1.54) is 6.42 Å². The minimum Gasteiger partial charge on any atom is -0.495 e. The second-order valence-electron chi connectivity index (χ2n) is 4.77. The highest BCUT2D eigenvalue weighted by molar-refractivity contribution is 5.28. The zero-order chi connectivity index (χ0) is 13.0. The summed E-state index contributed by atoms with van der Waals surface area (Å²) in [5.74, 6) is 0.793. The van der Waals surface area contributed by atoms with Gasteiger partial charge in [0.05, 0.1) is 24.9 Å². The Kier molecular flexibility index (Phi) is 4.19. The maximum atomic E-state index is 5.79. The molecule has 4 nitrogen and oxygen atoms in total. The van der Waals surface area contributed by atoms with Gasteiger partial charge in [0.25, 0.3) is 0 Å². The molecule has 1 fully saturated rings. The molecule has 1 aromatic rings. The molecule has 0 radical (unpaired) electrons. The Morgan fingerprint density at radius 1 is 1.39 bits per heavy atom. The summed E-state index contributed by atoms with van der Waals surface area (Å²) >= 11 is 0. The minimum absolute atomic E-state index is 0.0793. The maximum Gasteiger partial charge on any atom is 0.137 e. The van der Waals surface area contributed by atoms with Crippen LogP contribution in [0.4, 0.5) is 0 Å². The third-order valence-electron chi connectivity index (χ3n) is 3.84. The molecule has 1 N–H and O–H groups in total. The van der Waals surface area contributed by atoms with E-state index < -0.39 is 0 Å². The van der Waals surface area contributed by atoms with Crippen molar-refractivity contribution in [2.45, 2.75) is 37.8 Å². The average Bonchev–Trinajstić information content (AvgIpc) is 2.37. The molecule has 1 aliphatic carbocycles. The van der Waals surface area contributed by atoms with Crippen LogP contribution in [-0.4, -0.2) is 31.3 Å². The number of nitrogens with zero attached hydrogens (tertiary/aromatic N) is 1. The van der Waals surface area contributed by atoms with E-state index in [0.717, 1.165) is 30.7 Å². The van der Waals surface area contributed by atoms with Crippen LogP contribution >= 0.6 is 0 Å². The summed E-state index contributed by atoms with van der Waals surface area (Å²) in [6, 6.07) is 2.23. The molecule has 0 spiro atoms. The molecule has 0 amide bonds. The lowest BCUT2D eigenvalue weighted by molar-refractivity contribution is -0.0995. The normalized spacial score (nSPS) is 19.1. The number of hydrogen-bond acceptors (Lipinski definition) is 4. The predicted molar refractivity (Wildman–Crippen MR) is 70.8 cm³/mol. The summed E-state index contributed by atoms with van der Waals surface area (Å²) in [5, 5.41) is 3.52. The minimum atomic E-state index is -0.0793. The van der Waals surface area contributed by atoms with Gasteiger partial charge in [-0.05, 0) is 37.4 Å². The standard InChI is InChI=1S/C14H22N2O2/c1-4-16-13(14(18-3)6-5-7-14)11-8-12(17-2)10-15-9-11/h8-10,13,16H,4-7H2,1-3H3. The zero-order valence-electron chi connectivity index (χ0n) is 11.4. The SMILES string of the molecule is CCNC(c1cncc(OC)c1)C1(OC)CCC1. The lowest BCUT2D eigenvalue weighted by Gasteiger charge is -2.46. The molecular weight excluding hydrogens is 228 g/mol. The first-order valence-corrected chi connectivity index (χ1v) is 6.53. The lowest BCUT2D eigenvalue weighted by atomic mass is 9.72. The Hall–Kier alpha value is -1.13. The molecule has 0 bridgehead atoms. The van der Waals surface area contributed by atoms with Crippen LogP contribution in [0.3, 0.4) is 0 Å². The molecule has 1 heterocycles. The third-order valence-corrected chi connectivity index (χ3v) is 3.84. The van der Waals surface area contributed by atoms with Crippen molar-refractivity contribution in [2.24, 2.45) is 0 Å². The summed E-state index contributed by atoms with van der Waals surface area (Å²) in [5.41, 5.74) is 1.06. The Morgan fingerprint density at radius 2 is 2.17 bits per heavy atom. The summed E-state index contributed by atoms with van der Waals surface area (Å²) in [6.07, 6.45) is 7.05. The van der Waals surface area contributed by atoms with Crippen LogP contribution in [0.25, 0.3) is 0 Å². The topological polar surface area (TPSA) is 43.4 Å². The van der Waals surface area contributed by atoms with Crippen molar-refractivity contribution in [1.82, 2.24) is 10.3 Å². The highest BCUT2D eigenvalue weighted by Gasteiger charge is 2.45. The molecule has 1 saturated carbocycles. The molecular formula is C14H22N2O2. The molecule has 0 aromatic carbocycles. The fourth-order valence-electron chi connectivity index (χ4n) is 2.65. The first-order chi connectivity index (χ1) is 8.75. The van der Waals surface area contributed by atoms with E-state index in [1.807, 2.05) is 12.3 Å². The number of nitrogens with one attached hydrogen (secondary N) is 1. The molecule has 4 heteroatoms. The van der Waals surface area contributed by atoms with E-state index in [9.17, 15) is 0 Å². The van der Waals surface area contributed by atoms with Crippen molar-refractivity contribution in [3.05, 3.63) is 24.0 Å². The second kappa shape index (κ2) is 5.67. The van der Waals surface area contributed by atoms with E-state index in [0.29, 0.717) is 0 Å². The summed E-state index contributed by atoms with van der Waals surface area (Å²) in [4.78, 5) is 4.24. The van der Waals surface area contributed by atoms with Crippen LogP contribution in [0, 0.1) is 0 Å². The number of aromatic nitrogens is 1. The van der Waals surface area contributed by atoms with Gasteiger partial charge in [-0.2, -0.15) is 0 Å². The molecule has 2 rings (SSSR count). The van der Waals surface area contributed by atoms with Crippen LogP contribution in [0.5, 0.6) is 5.75 Å². The first-order valence-electron chi connectivity index (χ1n) is 6.53. The van der Waals surface area contributed by atoms with E-state index in [1.54, 1.807) is 20.4 Å². The number of pyridine rings is 1. The molecule has 1 unspecified atom stereocenters. The van der Waals surface area contributed by atoms with Gasteiger partial charge in [0.2, 0.25) is 0 Å². The predicted octanol–water partition coefficient (Wildman–Crippen LogP) is 2.31. The van der Waals surface area contributed by atoms with Crippen LogP contribution < -0.4 is 10.1 Å². The van der Waals surface area contributed by atoms with Gasteiger partial charge in [0.15, 0.2) is 0 Å². The molecule has 1 atom stereocenters. The van der Waals surface area contributed by atoms with Crippen molar-refractivity contribution in [2.75, 3.05) is 20.8 Å². The summed E-state index contributed by atoms with van der Waals surface area (Å²) in [6.45, 7) is 3.02. The van der Waals surface area contributed by atoms with Gasteiger partial charge in [0.1, 0.15) is 5.75 Å². The summed E-state index contributed by atoms with van der Waals surface area (Å²) in [7, 11) is 3.47.